The van der Waals surface area contributed by atoms with E-state index in [9.17, 15) is 14.4 Å². The Kier molecular flexibility index (Phi) is 5.85. The number of carbonyl (C=O) groups excluding carboxylic acids is 3. The van der Waals surface area contributed by atoms with Gasteiger partial charge in [0.25, 0.3) is 0 Å². The van der Waals surface area contributed by atoms with Crippen LogP contribution in [0.4, 0.5) is 0 Å². The van der Waals surface area contributed by atoms with Gasteiger partial charge in [0.2, 0.25) is 17.7 Å². The van der Waals surface area contributed by atoms with Crippen LogP contribution in [0.1, 0.15) is 36.8 Å². The van der Waals surface area contributed by atoms with Crippen molar-refractivity contribution in [2.45, 2.75) is 51.2 Å². The summed E-state index contributed by atoms with van der Waals surface area (Å²) in [6, 6.07) is 7.81. The average molecular weight is 399 g/mol. The Hall–Kier alpha value is -2.41. The lowest BCUT2D eigenvalue weighted by Gasteiger charge is -2.42. The molecular formula is C22H30N4O3. The molecule has 3 aliphatic rings. The molecule has 1 N–H and O–H groups in total. The van der Waals surface area contributed by atoms with Crippen molar-refractivity contribution in [2.24, 2.45) is 0 Å². The predicted molar refractivity (Wildman–Crippen MR) is 109 cm³/mol. The van der Waals surface area contributed by atoms with Gasteiger partial charge in [0, 0.05) is 45.2 Å². The molecule has 0 bridgehead atoms. The van der Waals surface area contributed by atoms with Crippen molar-refractivity contribution in [1.29, 1.82) is 0 Å². The minimum atomic E-state index is -0.388. The summed E-state index contributed by atoms with van der Waals surface area (Å²) in [5, 5.41) is 3.10. The molecule has 2 unspecified atom stereocenters. The standard InChI is InChI=1S/C22H30N4O3/c1-16-4-6-17(7-5-16)14-26-19(8-9-20(26)27)22(29)24-11-2-3-18(15-24)25-12-10-23-13-21(25)28/h4-7,18-19,23H,2-3,8-15H2,1H3. The van der Waals surface area contributed by atoms with Gasteiger partial charge >= 0.3 is 0 Å². The fourth-order valence-corrected chi connectivity index (χ4v) is 4.71. The van der Waals surface area contributed by atoms with Gasteiger partial charge in [-0.1, -0.05) is 29.8 Å². The Labute approximate surface area is 172 Å². The van der Waals surface area contributed by atoms with Gasteiger partial charge in [-0.3, -0.25) is 14.4 Å². The van der Waals surface area contributed by atoms with Crippen molar-refractivity contribution in [2.75, 3.05) is 32.7 Å². The lowest BCUT2D eigenvalue weighted by molar-refractivity contribution is -0.145. The Balaban J connectivity index is 1.43. The predicted octanol–water partition coefficient (Wildman–Crippen LogP) is 0.909. The maximum atomic E-state index is 13.3. The van der Waals surface area contributed by atoms with Gasteiger partial charge in [-0.05, 0) is 31.7 Å². The summed E-state index contributed by atoms with van der Waals surface area (Å²) >= 11 is 0. The molecule has 1 aromatic carbocycles. The van der Waals surface area contributed by atoms with Gasteiger partial charge < -0.3 is 20.0 Å². The van der Waals surface area contributed by atoms with E-state index in [1.165, 1.54) is 5.56 Å². The largest absolute Gasteiger partial charge is 0.339 e. The van der Waals surface area contributed by atoms with Gasteiger partial charge in [-0.15, -0.1) is 0 Å². The molecule has 0 aromatic heterocycles. The molecule has 3 aliphatic heterocycles. The Morgan fingerprint density at radius 2 is 1.90 bits per heavy atom. The number of carbonyl (C=O) groups is 3. The molecule has 0 saturated carbocycles. The van der Waals surface area contributed by atoms with Crippen LogP contribution < -0.4 is 5.32 Å². The molecule has 1 aromatic rings. The topological polar surface area (TPSA) is 73.0 Å². The first-order valence-corrected chi connectivity index (χ1v) is 10.7. The van der Waals surface area contributed by atoms with Gasteiger partial charge in [0.05, 0.1) is 6.54 Å². The number of rotatable bonds is 4. The second kappa shape index (κ2) is 8.53. The minimum Gasteiger partial charge on any atom is -0.339 e. The smallest absolute Gasteiger partial charge is 0.245 e. The highest BCUT2D eigenvalue weighted by atomic mass is 16.2. The van der Waals surface area contributed by atoms with Crippen LogP contribution in [0.25, 0.3) is 0 Å². The molecule has 3 heterocycles. The van der Waals surface area contributed by atoms with Crippen molar-refractivity contribution >= 4 is 17.7 Å². The molecule has 0 aliphatic carbocycles. The molecule has 7 nitrogen and oxygen atoms in total. The summed E-state index contributed by atoms with van der Waals surface area (Å²) in [5.74, 6) is 0.206. The summed E-state index contributed by atoms with van der Waals surface area (Å²) in [6.07, 6.45) is 2.84. The van der Waals surface area contributed by atoms with Crippen LogP contribution in [0.3, 0.4) is 0 Å². The number of piperazine rings is 1. The van der Waals surface area contributed by atoms with Gasteiger partial charge in [-0.25, -0.2) is 0 Å². The molecule has 2 atom stereocenters. The van der Waals surface area contributed by atoms with Crippen molar-refractivity contribution < 1.29 is 14.4 Å². The van der Waals surface area contributed by atoms with E-state index in [0.29, 0.717) is 45.6 Å². The summed E-state index contributed by atoms with van der Waals surface area (Å²) < 4.78 is 0. The lowest BCUT2D eigenvalue weighted by Crippen LogP contribution is -2.59. The van der Waals surface area contributed by atoms with E-state index in [0.717, 1.165) is 24.9 Å². The molecule has 0 radical (unpaired) electrons. The molecule has 3 saturated heterocycles. The van der Waals surface area contributed by atoms with Crippen molar-refractivity contribution in [3.05, 3.63) is 35.4 Å². The van der Waals surface area contributed by atoms with Gasteiger partial charge in [0.1, 0.15) is 6.04 Å². The average Bonchev–Trinajstić information content (AvgIpc) is 3.10. The van der Waals surface area contributed by atoms with Crippen LogP contribution in [-0.4, -0.2) is 77.2 Å². The fourth-order valence-electron chi connectivity index (χ4n) is 4.71. The molecule has 7 heteroatoms. The summed E-state index contributed by atoms with van der Waals surface area (Å²) in [5.41, 5.74) is 2.22. The first-order valence-electron chi connectivity index (χ1n) is 10.7. The van der Waals surface area contributed by atoms with Crippen molar-refractivity contribution in [3.63, 3.8) is 0 Å². The highest BCUT2D eigenvalue weighted by molar-refractivity contribution is 5.91. The second-order valence-electron chi connectivity index (χ2n) is 8.41. The molecule has 4 rings (SSSR count). The highest BCUT2D eigenvalue weighted by Crippen LogP contribution is 2.26. The molecule has 156 valence electrons. The normalized spacial score (nSPS) is 25.6. The van der Waals surface area contributed by atoms with Crippen LogP contribution in [0, 0.1) is 6.92 Å². The zero-order valence-electron chi connectivity index (χ0n) is 17.1. The zero-order valence-corrected chi connectivity index (χ0v) is 17.1. The third-order valence-electron chi connectivity index (χ3n) is 6.36. The van der Waals surface area contributed by atoms with Gasteiger partial charge in [-0.2, -0.15) is 0 Å². The Morgan fingerprint density at radius 3 is 2.66 bits per heavy atom. The summed E-state index contributed by atoms with van der Waals surface area (Å²) in [6.45, 7) is 5.68. The Morgan fingerprint density at radius 1 is 1.10 bits per heavy atom. The first-order chi connectivity index (χ1) is 14.0. The number of hydrogen-bond acceptors (Lipinski definition) is 4. The van der Waals surface area contributed by atoms with E-state index in [1.54, 1.807) is 4.90 Å². The van der Waals surface area contributed by atoms with Crippen molar-refractivity contribution in [3.8, 4) is 0 Å². The molecular weight excluding hydrogens is 368 g/mol. The number of nitrogens with one attached hydrogen (secondary N) is 1. The third-order valence-corrected chi connectivity index (χ3v) is 6.36. The monoisotopic (exact) mass is 398 g/mol. The number of nitrogens with zero attached hydrogens (tertiary/aromatic N) is 3. The summed E-state index contributed by atoms with van der Waals surface area (Å²) in [7, 11) is 0. The third kappa shape index (κ3) is 4.29. The number of aryl methyl sites for hydroxylation is 1. The lowest BCUT2D eigenvalue weighted by atomic mass is 10.0. The van der Waals surface area contributed by atoms with Crippen LogP contribution >= 0.6 is 0 Å². The zero-order chi connectivity index (χ0) is 20.4. The molecule has 29 heavy (non-hydrogen) atoms. The number of piperidine rings is 1. The van der Waals surface area contributed by atoms with E-state index >= 15 is 0 Å². The maximum Gasteiger partial charge on any atom is 0.245 e. The number of hydrogen-bond donors (Lipinski definition) is 1. The number of likely N-dealkylation sites (tertiary alicyclic amines) is 2. The first kappa shape index (κ1) is 19.9. The van der Waals surface area contributed by atoms with Crippen LogP contribution in [0.2, 0.25) is 0 Å². The van der Waals surface area contributed by atoms with Crippen molar-refractivity contribution in [1.82, 2.24) is 20.0 Å². The summed E-state index contributed by atoms with van der Waals surface area (Å²) in [4.78, 5) is 43.6. The van der Waals surface area contributed by atoms with Crippen LogP contribution in [0.5, 0.6) is 0 Å². The highest BCUT2D eigenvalue weighted by Gasteiger charge is 2.40. The second-order valence-corrected chi connectivity index (χ2v) is 8.41. The van der Waals surface area contributed by atoms with E-state index in [-0.39, 0.29) is 29.8 Å². The Bertz CT molecular complexity index is 779. The minimum absolute atomic E-state index is 0.0373. The quantitative estimate of drug-likeness (QED) is 0.818. The molecule has 3 amide bonds. The van der Waals surface area contributed by atoms with E-state index < -0.39 is 0 Å². The van der Waals surface area contributed by atoms with Gasteiger partial charge in [0.15, 0.2) is 0 Å². The van der Waals surface area contributed by atoms with E-state index in [2.05, 4.69) is 5.32 Å². The molecule has 0 spiro atoms. The SMILES string of the molecule is Cc1ccc(CN2C(=O)CCC2C(=O)N2CCCC(N3CCNCC3=O)C2)cc1. The maximum absolute atomic E-state index is 13.3. The molecule has 3 fully saturated rings. The van der Waals surface area contributed by atoms with E-state index in [1.807, 2.05) is 41.0 Å². The number of amides is 3. The fraction of sp³-hybridized carbons (Fsp3) is 0.591. The van der Waals surface area contributed by atoms with Crippen LogP contribution in [-0.2, 0) is 20.9 Å². The van der Waals surface area contributed by atoms with E-state index in [4.69, 9.17) is 0 Å². The van der Waals surface area contributed by atoms with Crippen LogP contribution in [0.15, 0.2) is 24.3 Å². The number of benzene rings is 1.